The lowest BCUT2D eigenvalue weighted by Crippen LogP contribution is -2.74. The van der Waals surface area contributed by atoms with Gasteiger partial charge >= 0.3 is 0 Å². The SMILES string of the molecule is c1ccc([B-](c2ccccc2)(c2ccccc2)c2ccccc2)cc1.c1ccc([B-](c2ccccc2)(c2ccccc2)c2ccccc2)cc1.c1ccc([P+](CCC[P+](c2ccccc2)(c2ccccc2)c2ccccc2)(c2ccccc2)c2ccccc2)cc1. The first-order valence-electron chi connectivity index (χ1n) is 32.0. The van der Waals surface area contributed by atoms with Gasteiger partial charge in [-0.2, -0.15) is 43.7 Å². The Balaban J connectivity index is 0.000000139. The fourth-order valence-corrected chi connectivity index (χ4v) is 23.5. The van der Waals surface area contributed by atoms with Crippen LogP contribution in [0.1, 0.15) is 6.42 Å². The topological polar surface area (TPSA) is 0 Å². The highest BCUT2D eigenvalue weighted by atomic mass is 31.2. The fourth-order valence-electron chi connectivity index (χ4n) is 14.6. The van der Waals surface area contributed by atoms with Crippen molar-refractivity contribution in [3.05, 3.63) is 425 Å². The minimum atomic E-state index is -1.90. The Morgan fingerprint density at radius 1 is 0.143 bits per heavy atom. The molecule has 14 aromatic rings. The average molecular weight is 1210 g/mol. The van der Waals surface area contributed by atoms with Crippen LogP contribution in [0.4, 0.5) is 0 Å². The highest BCUT2D eigenvalue weighted by molar-refractivity contribution is 7.96. The van der Waals surface area contributed by atoms with Crippen molar-refractivity contribution in [3.8, 4) is 0 Å². The standard InChI is InChI=1S/C39H36P2.2C24H20B/c1-7-20-34(21-8-1)40(35-22-9-2-10-23-35,36-24-11-3-12-25-36)32-19-33-41(37-26-13-4-14-27-37,38-28-15-5-16-29-38)39-30-17-6-18-31-39;2*1-5-13-21(14-6-1)25(22-15-7-2-8-16-22,23-17-9-3-10-18-23)24-19-11-4-12-20-24/h1-18,20-31H,19,32-33H2;2*1-20H/q+2;2*-1. The van der Waals surface area contributed by atoms with Crippen LogP contribution < -0.4 is 75.5 Å². The predicted octanol–water partition coefficient (Wildman–Crippen LogP) is 13.5. The summed E-state index contributed by atoms with van der Waals surface area (Å²) in [5.74, 6) is 0. The molecule has 0 N–H and O–H groups in total. The second-order valence-electron chi connectivity index (χ2n) is 23.5. The largest absolute Gasteiger partial charge is 0.195 e. The van der Waals surface area contributed by atoms with Crippen molar-refractivity contribution in [3.63, 3.8) is 0 Å². The number of hydrogen-bond acceptors (Lipinski definition) is 0. The van der Waals surface area contributed by atoms with Crippen molar-refractivity contribution in [2.45, 2.75) is 6.42 Å². The summed E-state index contributed by atoms with van der Waals surface area (Å²) in [7, 11) is -3.79. The molecule has 0 aliphatic rings. The van der Waals surface area contributed by atoms with E-state index in [4.69, 9.17) is 0 Å². The van der Waals surface area contributed by atoms with Gasteiger partial charge in [-0.25, -0.2) is 0 Å². The molecule has 0 heterocycles. The quantitative estimate of drug-likeness (QED) is 0.0593. The maximum absolute atomic E-state index is 2.36. The van der Waals surface area contributed by atoms with Crippen molar-refractivity contribution >= 4 is 102 Å². The van der Waals surface area contributed by atoms with Gasteiger partial charge in [0, 0.05) is 6.42 Å². The van der Waals surface area contributed by atoms with E-state index in [1.54, 1.807) is 0 Å². The van der Waals surface area contributed by atoms with Gasteiger partial charge in [0.15, 0.2) is 0 Å². The van der Waals surface area contributed by atoms with Crippen LogP contribution in [0.15, 0.2) is 425 Å². The first-order valence-corrected chi connectivity index (χ1v) is 36.0. The molecule has 0 unspecified atom stereocenters. The van der Waals surface area contributed by atoms with E-state index in [-0.39, 0.29) is 0 Å². The van der Waals surface area contributed by atoms with Crippen LogP contribution in [0.25, 0.3) is 0 Å². The minimum Gasteiger partial charge on any atom is -0.195 e. The lowest BCUT2D eigenvalue weighted by atomic mass is 9.13. The van der Waals surface area contributed by atoms with Gasteiger partial charge in [-0.1, -0.05) is 352 Å². The van der Waals surface area contributed by atoms with Gasteiger partial charge in [-0.3, -0.25) is 0 Å². The van der Waals surface area contributed by atoms with Crippen LogP contribution in [-0.4, -0.2) is 24.6 Å². The first kappa shape index (κ1) is 61.3. The molecular formula is C87H76B2P2. The lowest BCUT2D eigenvalue weighted by Gasteiger charge is -2.44. The Labute approximate surface area is 542 Å². The van der Waals surface area contributed by atoms with E-state index in [9.17, 15) is 0 Å². The van der Waals surface area contributed by atoms with Gasteiger partial charge in [0.2, 0.25) is 0 Å². The molecule has 0 atom stereocenters. The zero-order valence-electron chi connectivity index (χ0n) is 51.6. The predicted molar refractivity (Wildman–Crippen MR) is 405 cm³/mol. The van der Waals surface area contributed by atoms with Gasteiger partial charge in [0.05, 0.1) is 12.3 Å². The van der Waals surface area contributed by atoms with Crippen LogP contribution >= 0.6 is 14.5 Å². The third kappa shape index (κ3) is 13.0. The van der Waals surface area contributed by atoms with Crippen molar-refractivity contribution in [2.24, 2.45) is 0 Å². The molecule has 0 radical (unpaired) electrons. The van der Waals surface area contributed by atoms with Crippen LogP contribution in [0, 0.1) is 0 Å². The smallest absolute Gasteiger partial charge is 0.112 e. The third-order valence-electron chi connectivity index (χ3n) is 18.6. The molecule has 0 bridgehead atoms. The molecule has 4 heteroatoms. The van der Waals surface area contributed by atoms with Crippen LogP contribution in [0.3, 0.4) is 0 Å². The molecule has 14 aromatic carbocycles. The van der Waals surface area contributed by atoms with E-state index in [1.807, 2.05) is 0 Å². The first-order chi connectivity index (χ1) is 45.2. The number of benzene rings is 14. The molecule has 0 aliphatic carbocycles. The monoisotopic (exact) mass is 1200 g/mol. The van der Waals surface area contributed by atoms with E-state index in [1.165, 1.54) is 75.5 Å². The zero-order valence-corrected chi connectivity index (χ0v) is 53.4. The van der Waals surface area contributed by atoms with Crippen LogP contribution in [-0.2, 0) is 0 Å². The Morgan fingerprint density at radius 3 is 0.374 bits per heavy atom. The Bertz CT molecular complexity index is 3540. The van der Waals surface area contributed by atoms with E-state index in [0.29, 0.717) is 0 Å². The van der Waals surface area contributed by atoms with E-state index in [0.717, 1.165) is 18.7 Å². The van der Waals surface area contributed by atoms with Crippen molar-refractivity contribution in [1.82, 2.24) is 0 Å². The van der Waals surface area contributed by atoms with Crippen LogP contribution in [0.2, 0.25) is 0 Å². The van der Waals surface area contributed by atoms with Gasteiger partial charge in [-0.05, 0) is 72.8 Å². The molecule has 0 nitrogen and oxygen atoms in total. The second-order valence-corrected chi connectivity index (χ2v) is 30.7. The number of rotatable bonds is 18. The Kier molecular flexibility index (Phi) is 20.2. The Hall–Kier alpha value is -9.93. The maximum atomic E-state index is 2.36. The molecule has 0 aliphatic heterocycles. The third-order valence-corrected chi connectivity index (χ3v) is 27.6. The molecule has 0 saturated carbocycles. The maximum Gasteiger partial charge on any atom is 0.112 e. The molecule has 0 fully saturated rings. The van der Waals surface area contributed by atoms with Crippen LogP contribution in [0.5, 0.6) is 0 Å². The lowest BCUT2D eigenvalue weighted by molar-refractivity contribution is 1.10. The molecule has 440 valence electrons. The summed E-state index contributed by atoms with van der Waals surface area (Å²) in [6, 6.07) is 155. The van der Waals surface area contributed by atoms with Crippen molar-refractivity contribution in [1.29, 1.82) is 0 Å². The van der Waals surface area contributed by atoms with E-state index >= 15 is 0 Å². The molecule has 91 heavy (non-hydrogen) atoms. The summed E-state index contributed by atoms with van der Waals surface area (Å²) >= 11 is 0. The van der Waals surface area contributed by atoms with E-state index in [2.05, 4.69) is 425 Å². The van der Waals surface area contributed by atoms with E-state index < -0.39 is 26.8 Å². The normalized spacial score (nSPS) is 11.4. The zero-order chi connectivity index (χ0) is 61.7. The van der Waals surface area contributed by atoms with Gasteiger partial charge < -0.3 is 0 Å². The summed E-state index contributed by atoms with van der Waals surface area (Å²) in [5.41, 5.74) is 10.7. The molecule has 0 aromatic heterocycles. The molecule has 0 amide bonds. The van der Waals surface area contributed by atoms with Gasteiger partial charge in [-0.15, -0.1) is 0 Å². The van der Waals surface area contributed by atoms with Gasteiger partial charge in [0.25, 0.3) is 0 Å². The Morgan fingerprint density at radius 2 is 0.253 bits per heavy atom. The fraction of sp³-hybridized carbons (Fsp3) is 0.0345. The summed E-state index contributed by atoms with van der Waals surface area (Å²) < 4.78 is 0. The molecular weight excluding hydrogens is 1130 g/mol. The minimum absolute atomic E-state index is 1.12. The molecule has 0 saturated heterocycles. The average Bonchev–Trinajstić information content (AvgIpc) is 0.844. The van der Waals surface area contributed by atoms with Gasteiger partial charge in [0.1, 0.15) is 58.6 Å². The summed E-state index contributed by atoms with van der Waals surface area (Å²) in [4.78, 5) is 0. The van der Waals surface area contributed by atoms with Crippen molar-refractivity contribution < 1.29 is 0 Å². The summed E-state index contributed by atoms with van der Waals surface area (Å²) in [6.07, 6.45) is 0.941. The second kappa shape index (κ2) is 30.0. The summed E-state index contributed by atoms with van der Waals surface area (Å²) in [5, 5.41) is 8.75. The van der Waals surface area contributed by atoms with Crippen molar-refractivity contribution in [2.75, 3.05) is 12.3 Å². The highest BCUT2D eigenvalue weighted by Crippen LogP contribution is 2.60. The molecule has 0 spiro atoms. The summed E-state index contributed by atoms with van der Waals surface area (Å²) in [6.45, 7) is 0. The number of hydrogen-bond donors (Lipinski definition) is 0. The highest BCUT2D eigenvalue weighted by Gasteiger charge is 2.49. The molecule has 14 rings (SSSR count).